The summed E-state index contributed by atoms with van der Waals surface area (Å²) in [6.45, 7) is 2.85. The van der Waals surface area contributed by atoms with Gasteiger partial charge in [0.05, 0.1) is 17.9 Å². The van der Waals surface area contributed by atoms with Crippen molar-refractivity contribution in [3.8, 4) is 0 Å². The van der Waals surface area contributed by atoms with Gasteiger partial charge in [-0.05, 0) is 37.9 Å². The van der Waals surface area contributed by atoms with Crippen molar-refractivity contribution in [1.29, 1.82) is 0 Å². The highest BCUT2D eigenvalue weighted by molar-refractivity contribution is 8.00. The summed E-state index contributed by atoms with van der Waals surface area (Å²) in [4.78, 5) is 28.2. The molecule has 2 unspecified atom stereocenters. The summed E-state index contributed by atoms with van der Waals surface area (Å²) in [7, 11) is 1.61. The van der Waals surface area contributed by atoms with Crippen LogP contribution in [0.3, 0.4) is 0 Å². The summed E-state index contributed by atoms with van der Waals surface area (Å²) in [6, 6.07) is 8.24. The molecule has 2 saturated heterocycles. The van der Waals surface area contributed by atoms with Gasteiger partial charge >= 0.3 is 0 Å². The predicted molar refractivity (Wildman–Crippen MR) is 103 cm³/mol. The van der Waals surface area contributed by atoms with Crippen molar-refractivity contribution in [1.82, 2.24) is 15.5 Å². The van der Waals surface area contributed by atoms with Crippen molar-refractivity contribution in [3.05, 3.63) is 29.8 Å². The van der Waals surface area contributed by atoms with E-state index in [1.165, 1.54) is 11.8 Å². The average Bonchev–Trinajstić information content (AvgIpc) is 2.92. The SMILES string of the molecule is COCCNC(=O)CSc1ccccc1C(=O)N1C2CCNCC1CC2. The Kier molecular flexibility index (Phi) is 6.93. The molecule has 2 heterocycles. The van der Waals surface area contributed by atoms with Gasteiger partial charge in [0.25, 0.3) is 5.91 Å². The molecule has 1 aromatic rings. The van der Waals surface area contributed by atoms with E-state index in [4.69, 9.17) is 4.74 Å². The molecule has 2 bridgehead atoms. The maximum atomic E-state index is 13.3. The van der Waals surface area contributed by atoms with Crippen LogP contribution in [0.1, 0.15) is 29.6 Å². The van der Waals surface area contributed by atoms with E-state index < -0.39 is 0 Å². The number of hydrogen-bond acceptors (Lipinski definition) is 5. The second kappa shape index (κ2) is 9.39. The van der Waals surface area contributed by atoms with Crippen LogP contribution < -0.4 is 10.6 Å². The van der Waals surface area contributed by atoms with Crippen molar-refractivity contribution in [2.24, 2.45) is 0 Å². The van der Waals surface area contributed by atoms with Gasteiger partial charge in [0, 0.05) is 37.2 Å². The van der Waals surface area contributed by atoms with Crippen LogP contribution in [0.5, 0.6) is 0 Å². The number of nitrogens with zero attached hydrogens (tertiary/aromatic N) is 1. The second-order valence-electron chi connectivity index (χ2n) is 6.72. The van der Waals surface area contributed by atoms with Crippen LogP contribution in [0.15, 0.2) is 29.2 Å². The van der Waals surface area contributed by atoms with Crippen molar-refractivity contribution in [2.75, 3.05) is 39.1 Å². The van der Waals surface area contributed by atoms with Crippen LogP contribution in [0.25, 0.3) is 0 Å². The number of rotatable bonds is 7. The lowest BCUT2D eigenvalue weighted by Crippen LogP contribution is -2.42. The van der Waals surface area contributed by atoms with Crippen molar-refractivity contribution in [3.63, 3.8) is 0 Å². The monoisotopic (exact) mass is 377 g/mol. The molecule has 6 nitrogen and oxygen atoms in total. The van der Waals surface area contributed by atoms with Crippen LogP contribution >= 0.6 is 11.8 Å². The highest BCUT2D eigenvalue weighted by Gasteiger charge is 2.38. The Balaban J connectivity index is 1.67. The van der Waals surface area contributed by atoms with E-state index >= 15 is 0 Å². The van der Waals surface area contributed by atoms with Crippen LogP contribution in [-0.4, -0.2) is 67.9 Å². The maximum absolute atomic E-state index is 13.3. The third kappa shape index (κ3) is 4.58. The molecule has 3 rings (SSSR count). The quantitative estimate of drug-likeness (QED) is 0.557. The molecule has 0 aliphatic carbocycles. The molecule has 2 aliphatic rings. The van der Waals surface area contributed by atoms with Gasteiger partial charge in [-0.25, -0.2) is 0 Å². The summed E-state index contributed by atoms with van der Waals surface area (Å²) in [5, 5.41) is 6.24. The van der Waals surface area contributed by atoms with Crippen molar-refractivity contribution < 1.29 is 14.3 Å². The van der Waals surface area contributed by atoms with Gasteiger partial charge in [-0.3, -0.25) is 9.59 Å². The average molecular weight is 378 g/mol. The third-order valence-electron chi connectivity index (χ3n) is 4.99. The molecule has 26 heavy (non-hydrogen) atoms. The number of benzene rings is 1. The minimum absolute atomic E-state index is 0.0478. The predicted octanol–water partition coefficient (Wildman–Crippen LogP) is 1.51. The topological polar surface area (TPSA) is 70.7 Å². The third-order valence-corrected chi connectivity index (χ3v) is 6.07. The first-order chi connectivity index (χ1) is 12.7. The number of ether oxygens (including phenoxy) is 1. The number of fused-ring (bicyclic) bond motifs is 2. The standard InChI is InChI=1S/C19H27N3O3S/c1-25-11-10-21-18(23)13-26-17-5-3-2-4-16(17)19(24)22-14-6-7-15(22)12-20-9-8-14/h2-5,14-15,20H,6-13H2,1H3,(H,21,23). The van der Waals surface area contributed by atoms with Gasteiger partial charge in [-0.1, -0.05) is 12.1 Å². The molecule has 0 radical (unpaired) electrons. The van der Waals surface area contributed by atoms with Crippen LogP contribution in [0, 0.1) is 0 Å². The zero-order valence-electron chi connectivity index (χ0n) is 15.2. The number of carbonyl (C=O) groups excluding carboxylic acids is 2. The lowest BCUT2D eigenvalue weighted by atomic mass is 10.1. The molecule has 1 aromatic carbocycles. The van der Waals surface area contributed by atoms with E-state index in [1.54, 1.807) is 7.11 Å². The van der Waals surface area contributed by atoms with Crippen molar-refractivity contribution >= 4 is 23.6 Å². The molecule has 2 aliphatic heterocycles. The number of methoxy groups -OCH3 is 1. The molecule has 2 fully saturated rings. The zero-order chi connectivity index (χ0) is 18.4. The van der Waals surface area contributed by atoms with Gasteiger partial charge in [0.2, 0.25) is 5.91 Å². The van der Waals surface area contributed by atoms with Gasteiger partial charge in [0.1, 0.15) is 0 Å². The first kappa shape index (κ1) is 19.2. The fourth-order valence-electron chi connectivity index (χ4n) is 3.71. The Hall–Kier alpha value is -1.57. The zero-order valence-corrected chi connectivity index (χ0v) is 16.0. The Labute approximate surface area is 159 Å². The van der Waals surface area contributed by atoms with E-state index in [2.05, 4.69) is 15.5 Å². The lowest BCUT2D eigenvalue weighted by Gasteiger charge is -2.28. The van der Waals surface area contributed by atoms with Gasteiger partial charge in [-0.15, -0.1) is 11.8 Å². The second-order valence-corrected chi connectivity index (χ2v) is 7.73. The summed E-state index contributed by atoms with van der Waals surface area (Å²) >= 11 is 1.42. The maximum Gasteiger partial charge on any atom is 0.255 e. The number of thioether (sulfide) groups is 1. The lowest BCUT2D eigenvalue weighted by molar-refractivity contribution is -0.118. The van der Waals surface area contributed by atoms with E-state index in [9.17, 15) is 9.59 Å². The molecule has 2 atom stereocenters. The summed E-state index contributed by atoms with van der Waals surface area (Å²) < 4.78 is 4.93. The molecular weight excluding hydrogens is 350 g/mol. The van der Waals surface area contributed by atoms with Gasteiger partial charge in [0.15, 0.2) is 0 Å². The fraction of sp³-hybridized carbons (Fsp3) is 0.579. The summed E-state index contributed by atoms with van der Waals surface area (Å²) in [5.74, 6) is 0.347. The highest BCUT2D eigenvalue weighted by Crippen LogP contribution is 2.32. The summed E-state index contributed by atoms with van der Waals surface area (Å²) in [5.41, 5.74) is 0.709. The van der Waals surface area contributed by atoms with Crippen LogP contribution in [-0.2, 0) is 9.53 Å². The Morgan fingerprint density at radius 1 is 1.27 bits per heavy atom. The molecule has 0 aromatic heterocycles. The largest absolute Gasteiger partial charge is 0.383 e. The minimum atomic E-state index is -0.0478. The van der Waals surface area contributed by atoms with E-state index in [-0.39, 0.29) is 17.9 Å². The minimum Gasteiger partial charge on any atom is -0.383 e. The fourth-order valence-corrected chi connectivity index (χ4v) is 4.58. The highest BCUT2D eigenvalue weighted by atomic mass is 32.2. The Morgan fingerprint density at radius 3 is 2.92 bits per heavy atom. The number of nitrogens with one attached hydrogen (secondary N) is 2. The van der Waals surface area contributed by atoms with Crippen LogP contribution in [0.2, 0.25) is 0 Å². The number of carbonyl (C=O) groups is 2. The van der Waals surface area contributed by atoms with Crippen molar-refractivity contribution in [2.45, 2.75) is 36.2 Å². The van der Waals surface area contributed by atoms with Gasteiger partial charge < -0.3 is 20.3 Å². The molecule has 0 saturated carbocycles. The van der Waals surface area contributed by atoms with Crippen LogP contribution in [0.4, 0.5) is 0 Å². The normalized spacial score (nSPS) is 22.1. The van der Waals surface area contributed by atoms with E-state index in [1.807, 2.05) is 24.3 Å². The van der Waals surface area contributed by atoms with E-state index in [0.717, 1.165) is 37.2 Å². The molecular formula is C19H27N3O3S. The molecule has 142 valence electrons. The smallest absolute Gasteiger partial charge is 0.255 e. The Bertz CT molecular complexity index is 626. The summed E-state index contributed by atoms with van der Waals surface area (Å²) in [6.07, 6.45) is 3.18. The van der Waals surface area contributed by atoms with Gasteiger partial charge in [-0.2, -0.15) is 0 Å². The Morgan fingerprint density at radius 2 is 2.08 bits per heavy atom. The molecule has 0 spiro atoms. The molecule has 2 N–H and O–H groups in total. The molecule has 7 heteroatoms. The number of amides is 2. The molecule has 2 amide bonds. The first-order valence-electron chi connectivity index (χ1n) is 9.21. The van der Waals surface area contributed by atoms with E-state index in [0.29, 0.717) is 30.5 Å². The first-order valence-corrected chi connectivity index (χ1v) is 10.2. The number of hydrogen-bond donors (Lipinski definition) is 2.